The van der Waals surface area contributed by atoms with Gasteiger partial charge in [0.25, 0.3) is 0 Å². The summed E-state index contributed by atoms with van der Waals surface area (Å²) in [7, 11) is 0. The lowest BCUT2D eigenvalue weighted by atomic mass is 10.2. The molecule has 0 atom stereocenters. The van der Waals surface area contributed by atoms with Crippen LogP contribution in [-0.2, 0) is 0 Å². The Balaban J connectivity index is 1.38. The van der Waals surface area contributed by atoms with Gasteiger partial charge in [-0.3, -0.25) is 0 Å². The van der Waals surface area contributed by atoms with Crippen molar-refractivity contribution in [3.05, 3.63) is 64.8 Å². The van der Waals surface area contributed by atoms with Crippen molar-refractivity contribution in [2.24, 2.45) is 0 Å². The molecule has 1 aliphatic heterocycles. The summed E-state index contributed by atoms with van der Waals surface area (Å²) >= 11 is 6.11. The molecule has 3 N–H and O–H groups in total. The van der Waals surface area contributed by atoms with Crippen LogP contribution in [0.5, 0.6) is 0 Å². The van der Waals surface area contributed by atoms with Crippen LogP contribution in [0.3, 0.4) is 0 Å². The highest BCUT2D eigenvalue weighted by atomic mass is 35.5. The van der Waals surface area contributed by atoms with Crippen LogP contribution in [0.1, 0.15) is 24.1 Å². The number of hydrogen-bond donors (Lipinski definition) is 3. The first-order chi connectivity index (χ1) is 15.0. The lowest BCUT2D eigenvalue weighted by Crippen LogP contribution is -2.20. The van der Waals surface area contributed by atoms with E-state index in [0.717, 1.165) is 35.9 Å². The Kier molecular flexibility index (Phi) is 6.23. The summed E-state index contributed by atoms with van der Waals surface area (Å²) in [6, 6.07) is 14.5. The maximum absolute atomic E-state index is 12.2. The molecule has 7 nitrogen and oxygen atoms in total. The van der Waals surface area contributed by atoms with Gasteiger partial charge in [-0.05, 0) is 68.7 Å². The zero-order valence-corrected chi connectivity index (χ0v) is 18.3. The maximum Gasteiger partial charge on any atom is 0.323 e. The summed E-state index contributed by atoms with van der Waals surface area (Å²) in [5.41, 5.74) is 4.03. The monoisotopic (exact) mass is 436 g/mol. The number of carbonyl (C=O) groups is 1. The second-order valence-electron chi connectivity index (χ2n) is 7.63. The van der Waals surface area contributed by atoms with Gasteiger partial charge in [0, 0.05) is 46.9 Å². The molecule has 2 heterocycles. The summed E-state index contributed by atoms with van der Waals surface area (Å²) in [4.78, 5) is 23.7. The van der Waals surface area contributed by atoms with E-state index in [0.29, 0.717) is 22.3 Å². The van der Waals surface area contributed by atoms with Crippen LogP contribution in [0, 0.1) is 13.8 Å². The number of carbonyl (C=O) groups excluding carboxylic acids is 1. The van der Waals surface area contributed by atoms with Gasteiger partial charge in [0.1, 0.15) is 5.82 Å². The zero-order valence-electron chi connectivity index (χ0n) is 17.6. The number of benzene rings is 2. The van der Waals surface area contributed by atoms with Gasteiger partial charge in [-0.15, -0.1) is 0 Å². The number of hydrogen-bond acceptors (Lipinski definition) is 5. The van der Waals surface area contributed by atoms with E-state index in [9.17, 15) is 4.79 Å². The number of anilines is 5. The van der Waals surface area contributed by atoms with Gasteiger partial charge in [-0.25, -0.2) is 9.78 Å². The van der Waals surface area contributed by atoms with Gasteiger partial charge in [0.15, 0.2) is 0 Å². The van der Waals surface area contributed by atoms with Crippen LogP contribution in [0.4, 0.5) is 33.6 Å². The molecule has 0 saturated carbocycles. The van der Waals surface area contributed by atoms with E-state index in [-0.39, 0.29) is 6.03 Å². The lowest BCUT2D eigenvalue weighted by molar-refractivity contribution is 0.262. The zero-order chi connectivity index (χ0) is 21.8. The smallest absolute Gasteiger partial charge is 0.323 e. The molecule has 160 valence electrons. The quantitative estimate of drug-likeness (QED) is 0.475. The van der Waals surface area contributed by atoms with Crippen LogP contribution in [0.2, 0.25) is 5.02 Å². The molecule has 2 aromatic carbocycles. The fourth-order valence-corrected chi connectivity index (χ4v) is 3.63. The predicted octanol–water partition coefficient (Wildman–Crippen LogP) is 5.73. The van der Waals surface area contributed by atoms with E-state index in [4.69, 9.17) is 11.6 Å². The van der Waals surface area contributed by atoms with E-state index in [1.807, 2.05) is 56.3 Å². The van der Waals surface area contributed by atoms with Gasteiger partial charge >= 0.3 is 6.03 Å². The Bertz CT molecular complexity index is 1080. The number of halogens is 1. The summed E-state index contributed by atoms with van der Waals surface area (Å²) in [6.07, 6.45) is 2.40. The molecule has 0 radical (unpaired) electrons. The minimum atomic E-state index is -0.335. The number of aryl methyl sites for hydroxylation is 2. The topological polar surface area (TPSA) is 82.2 Å². The number of nitrogens with one attached hydrogen (secondary N) is 3. The SMILES string of the molecule is Cc1cc(N2CCCC2)nc(Nc2ccc(NC(=O)Nc3ccc(C)c(Cl)c3)cc2)n1. The molecule has 8 heteroatoms. The average Bonchev–Trinajstić information content (AvgIpc) is 3.27. The molecule has 1 saturated heterocycles. The molecule has 0 unspecified atom stereocenters. The number of aromatic nitrogens is 2. The third kappa shape index (κ3) is 5.44. The molecular formula is C23H25ClN6O. The van der Waals surface area contributed by atoms with Crippen LogP contribution in [0.15, 0.2) is 48.5 Å². The van der Waals surface area contributed by atoms with E-state index >= 15 is 0 Å². The van der Waals surface area contributed by atoms with E-state index in [1.165, 1.54) is 12.8 Å². The van der Waals surface area contributed by atoms with Crippen molar-refractivity contribution >= 4 is 46.5 Å². The second kappa shape index (κ2) is 9.22. The van der Waals surface area contributed by atoms with Crippen LogP contribution in [-0.4, -0.2) is 29.1 Å². The Labute approximate surface area is 186 Å². The second-order valence-corrected chi connectivity index (χ2v) is 8.04. The van der Waals surface area contributed by atoms with Crippen molar-refractivity contribution in [3.8, 4) is 0 Å². The molecule has 2 amide bonds. The van der Waals surface area contributed by atoms with Gasteiger partial charge in [0.2, 0.25) is 5.95 Å². The van der Waals surface area contributed by atoms with Crippen molar-refractivity contribution < 1.29 is 4.79 Å². The number of rotatable bonds is 5. The van der Waals surface area contributed by atoms with Gasteiger partial charge in [0.05, 0.1) is 0 Å². The third-order valence-corrected chi connectivity index (χ3v) is 5.51. The highest BCUT2D eigenvalue weighted by molar-refractivity contribution is 6.31. The first-order valence-electron chi connectivity index (χ1n) is 10.3. The first kappa shape index (κ1) is 20.9. The summed E-state index contributed by atoms with van der Waals surface area (Å²) in [6.45, 7) is 5.95. The van der Waals surface area contributed by atoms with Gasteiger partial charge in [-0.2, -0.15) is 4.98 Å². The van der Waals surface area contributed by atoms with Gasteiger partial charge in [-0.1, -0.05) is 17.7 Å². The van der Waals surface area contributed by atoms with Crippen LogP contribution in [0.25, 0.3) is 0 Å². The summed E-state index contributed by atoms with van der Waals surface area (Å²) in [5, 5.41) is 9.45. The summed E-state index contributed by atoms with van der Waals surface area (Å²) in [5.74, 6) is 1.52. The summed E-state index contributed by atoms with van der Waals surface area (Å²) < 4.78 is 0. The minimum Gasteiger partial charge on any atom is -0.356 e. The van der Waals surface area contributed by atoms with Crippen molar-refractivity contribution in [2.45, 2.75) is 26.7 Å². The van der Waals surface area contributed by atoms with E-state index in [1.54, 1.807) is 6.07 Å². The molecule has 3 aromatic rings. The Morgan fingerprint density at radius 2 is 1.55 bits per heavy atom. The largest absolute Gasteiger partial charge is 0.356 e. The fourth-order valence-electron chi connectivity index (χ4n) is 3.45. The van der Waals surface area contributed by atoms with Crippen molar-refractivity contribution in [3.63, 3.8) is 0 Å². The van der Waals surface area contributed by atoms with Crippen molar-refractivity contribution in [1.29, 1.82) is 0 Å². The van der Waals surface area contributed by atoms with Gasteiger partial charge < -0.3 is 20.9 Å². The molecule has 0 bridgehead atoms. The normalized spacial score (nSPS) is 13.2. The Morgan fingerprint density at radius 3 is 2.26 bits per heavy atom. The van der Waals surface area contributed by atoms with Crippen molar-refractivity contribution in [1.82, 2.24) is 9.97 Å². The molecular weight excluding hydrogens is 412 g/mol. The predicted molar refractivity (Wildman–Crippen MR) is 127 cm³/mol. The minimum absolute atomic E-state index is 0.335. The first-order valence-corrected chi connectivity index (χ1v) is 10.7. The average molecular weight is 437 g/mol. The fraction of sp³-hybridized carbons (Fsp3) is 0.261. The Hall–Kier alpha value is -3.32. The van der Waals surface area contributed by atoms with Crippen LogP contribution >= 0.6 is 11.6 Å². The number of nitrogens with zero attached hydrogens (tertiary/aromatic N) is 3. The molecule has 4 rings (SSSR count). The van der Waals surface area contributed by atoms with Crippen LogP contribution < -0.4 is 20.9 Å². The lowest BCUT2D eigenvalue weighted by Gasteiger charge is -2.17. The maximum atomic E-state index is 12.2. The Morgan fingerprint density at radius 1 is 0.903 bits per heavy atom. The number of amides is 2. The third-order valence-electron chi connectivity index (χ3n) is 5.10. The molecule has 31 heavy (non-hydrogen) atoms. The molecule has 1 aromatic heterocycles. The standard InChI is InChI=1S/C23H25ClN6O/c1-15-5-6-19(14-20(15)24)28-23(31)27-18-9-7-17(8-10-18)26-22-25-16(2)13-21(29-22)30-11-3-4-12-30/h5-10,13-14H,3-4,11-12H2,1-2H3,(H,25,26,29)(H2,27,28,31). The highest BCUT2D eigenvalue weighted by Crippen LogP contribution is 2.23. The molecule has 1 fully saturated rings. The molecule has 1 aliphatic rings. The van der Waals surface area contributed by atoms with E-state index < -0.39 is 0 Å². The highest BCUT2D eigenvalue weighted by Gasteiger charge is 2.15. The van der Waals surface area contributed by atoms with E-state index in [2.05, 4.69) is 30.8 Å². The number of urea groups is 1. The molecule has 0 spiro atoms. The van der Waals surface area contributed by atoms with Crippen molar-refractivity contribution in [2.75, 3.05) is 33.9 Å². The molecule has 0 aliphatic carbocycles.